The van der Waals surface area contributed by atoms with Crippen LogP contribution in [-0.4, -0.2) is 17.5 Å². The van der Waals surface area contributed by atoms with Crippen LogP contribution in [0.5, 0.6) is 0 Å². The van der Waals surface area contributed by atoms with Gasteiger partial charge in [0.2, 0.25) is 6.41 Å². The van der Waals surface area contributed by atoms with Gasteiger partial charge in [0.05, 0.1) is 12.1 Å². The SMILES string of the molecule is Fc1ccccc1.O=CN(Cc1ccccc1F)c1ccc(C(=O)O)cc1C1CC1. The van der Waals surface area contributed by atoms with Gasteiger partial charge in [-0.3, -0.25) is 4.79 Å². The van der Waals surface area contributed by atoms with E-state index in [1.807, 2.05) is 0 Å². The van der Waals surface area contributed by atoms with E-state index in [2.05, 4.69) is 0 Å². The Kier molecular flexibility index (Phi) is 6.91. The third kappa shape index (κ3) is 5.50. The molecule has 1 aliphatic carbocycles. The first-order valence-electron chi connectivity index (χ1n) is 9.52. The molecule has 4 nitrogen and oxygen atoms in total. The molecule has 0 aliphatic heterocycles. The molecule has 0 unspecified atom stereocenters. The maximum absolute atomic E-state index is 13.8. The minimum atomic E-state index is -0.995. The van der Waals surface area contributed by atoms with E-state index in [-0.39, 0.29) is 29.7 Å². The summed E-state index contributed by atoms with van der Waals surface area (Å²) in [4.78, 5) is 24.1. The molecule has 3 aromatic rings. The topological polar surface area (TPSA) is 57.6 Å². The Bertz CT molecular complexity index is 1020. The molecule has 1 saturated carbocycles. The highest BCUT2D eigenvalue weighted by Gasteiger charge is 2.29. The van der Waals surface area contributed by atoms with Crippen LogP contribution in [0.4, 0.5) is 14.5 Å². The number of carboxylic acids is 1. The van der Waals surface area contributed by atoms with E-state index >= 15 is 0 Å². The fourth-order valence-corrected chi connectivity index (χ4v) is 3.07. The van der Waals surface area contributed by atoms with Gasteiger partial charge in [-0.1, -0.05) is 36.4 Å². The number of hydrogen-bond acceptors (Lipinski definition) is 2. The number of carboxylic acid groups (broad SMARTS) is 1. The Hall–Kier alpha value is -3.54. The van der Waals surface area contributed by atoms with Gasteiger partial charge >= 0.3 is 5.97 Å². The van der Waals surface area contributed by atoms with Crippen LogP contribution in [0.3, 0.4) is 0 Å². The quantitative estimate of drug-likeness (QED) is 0.556. The number of halogens is 2. The van der Waals surface area contributed by atoms with E-state index in [4.69, 9.17) is 5.11 Å². The second-order valence-corrected chi connectivity index (χ2v) is 6.97. The molecule has 154 valence electrons. The van der Waals surface area contributed by atoms with Gasteiger partial charge in [-0.05, 0) is 60.7 Å². The summed E-state index contributed by atoms with van der Waals surface area (Å²) in [5.74, 6) is -1.27. The monoisotopic (exact) mass is 409 g/mol. The zero-order chi connectivity index (χ0) is 21.5. The van der Waals surface area contributed by atoms with Gasteiger partial charge in [-0.15, -0.1) is 0 Å². The lowest BCUT2D eigenvalue weighted by molar-refractivity contribution is -0.107. The number of anilines is 1. The van der Waals surface area contributed by atoms with Gasteiger partial charge in [-0.25, -0.2) is 13.6 Å². The predicted octanol–water partition coefficient (Wildman–Crippen LogP) is 5.39. The van der Waals surface area contributed by atoms with Crippen molar-refractivity contribution >= 4 is 18.1 Å². The molecule has 0 spiro atoms. The standard InChI is InChI=1S/C18H16FNO3.C6H5F/c19-16-4-2-1-3-14(16)10-20(11-21)17-8-7-13(18(22)23)9-15(17)12-5-6-12;7-6-4-2-1-3-5-6/h1-4,7-9,11-12H,5-6,10H2,(H,22,23);1-5H. The van der Waals surface area contributed by atoms with Crippen molar-refractivity contribution in [2.24, 2.45) is 0 Å². The fourth-order valence-electron chi connectivity index (χ4n) is 3.07. The second kappa shape index (κ2) is 9.78. The smallest absolute Gasteiger partial charge is 0.335 e. The maximum Gasteiger partial charge on any atom is 0.335 e. The number of carbonyl (C=O) groups is 2. The lowest BCUT2D eigenvalue weighted by Crippen LogP contribution is -2.22. The van der Waals surface area contributed by atoms with E-state index in [1.165, 1.54) is 29.2 Å². The molecular formula is C24H21F2NO3. The number of benzene rings is 3. The molecule has 0 aromatic heterocycles. The molecule has 1 aliphatic rings. The van der Waals surface area contributed by atoms with E-state index < -0.39 is 5.97 Å². The summed E-state index contributed by atoms with van der Waals surface area (Å²) in [5.41, 5.74) is 2.11. The average Bonchev–Trinajstić information content (AvgIpc) is 3.59. The van der Waals surface area contributed by atoms with Crippen LogP contribution in [0.25, 0.3) is 0 Å². The Labute approximate surface area is 173 Å². The van der Waals surface area contributed by atoms with Gasteiger partial charge in [0.1, 0.15) is 11.6 Å². The number of rotatable bonds is 6. The van der Waals surface area contributed by atoms with E-state index in [0.717, 1.165) is 18.4 Å². The summed E-state index contributed by atoms with van der Waals surface area (Å²) in [6.45, 7) is 0.113. The number of aromatic carboxylic acids is 1. The third-order valence-corrected chi connectivity index (χ3v) is 4.76. The predicted molar refractivity (Wildman–Crippen MR) is 110 cm³/mol. The highest BCUT2D eigenvalue weighted by Crippen LogP contribution is 2.44. The van der Waals surface area contributed by atoms with Crippen molar-refractivity contribution in [2.75, 3.05) is 4.90 Å². The van der Waals surface area contributed by atoms with E-state index in [1.54, 1.807) is 48.5 Å². The zero-order valence-electron chi connectivity index (χ0n) is 16.2. The molecule has 0 heterocycles. The van der Waals surface area contributed by atoms with Crippen LogP contribution in [0.15, 0.2) is 72.8 Å². The van der Waals surface area contributed by atoms with Crippen LogP contribution in [-0.2, 0) is 11.3 Å². The van der Waals surface area contributed by atoms with Crippen LogP contribution in [0, 0.1) is 11.6 Å². The van der Waals surface area contributed by atoms with Gasteiger partial charge in [0.25, 0.3) is 0 Å². The van der Waals surface area contributed by atoms with Crippen LogP contribution in [0.1, 0.15) is 40.2 Å². The fraction of sp³-hybridized carbons (Fsp3) is 0.167. The molecule has 30 heavy (non-hydrogen) atoms. The van der Waals surface area contributed by atoms with Crippen molar-refractivity contribution in [2.45, 2.75) is 25.3 Å². The van der Waals surface area contributed by atoms with Crippen molar-refractivity contribution < 1.29 is 23.5 Å². The summed E-state index contributed by atoms with van der Waals surface area (Å²) >= 11 is 0. The minimum absolute atomic E-state index is 0.113. The summed E-state index contributed by atoms with van der Waals surface area (Å²) in [5, 5.41) is 9.14. The van der Waals surface area contributed by atoms with Crippen molar-refractivity contribution in [3.8, 4) is 0 Å². The van der Waals surface area contributed by atoms with Crippen LogP contribution < -0.4 is 4.90 Å². The summed E-state index contributed by atoms with van der Waals surface area (Å²) in [6, 6.07) is 19.0. The van der Waals surface area contributed by atoms with Crippen molar-refractivity contribution in [3.63, 3.8) is 0 Å². The van der Waals surface area contributed by atoms with Crippen LogP contribution >= 0.6 is 0 Å². The zero-order valence-corrected chi connectivity index (χ0v) is 16.2. The van der Waals surface area contributed by atoms with E-state index in [9.17, 15) is 18.4 Å². The average molecular weight is 409 g/mol. The van der Waals surface area contributed by atoms with Gasteiger partial charge in [0.15, 0.2) is 0 Å². The molecule has 4 rings (SSSR count). The summed E-state index contributed by atoms with van der Waals surface area (Å²) in [6.07, 6.45) is 2.61. The molecule has 0 radical (unpaired) electrons. The normalized spacial score (nSPS) is 12.5. The first kappa shape index (κ1) is 21.2. The highest BCUT2D eigenvalue weighted by atomic mass is 19.1. The number of carbonyl (C=O) groups excluding carboxylic acids is 1. The number of nitrogens with zero attached hydrogens (tertiary/aromatic N) is 1. The molecule has 0 saturated heterocycles. The molecular weight excluding hydrogens is 388 g/mol. The highest BCUT2D eigenvalue weighted by molar-refractivity contribution is 5.89. The van der Waals surface area contributed by atoms with Gasteiger partial charge in [-0.2, -0.15) is 0 Å². The lowest BCUT2D eigenvalue weighted by atomic mass is 10.0. The van der Waals surface area contributed by atoms with Crippen molar-refractivity contribution in [3.05, 3.63) is 101 Å². The van der Waals surface area contributed by atoms with Crippen LogP contribution in [0.2, 0.25) is 0 Å². The number of hydrogen-bond donors (Lipinski definition) is 1. The molecule has 0 atom stereocenters. The Morgan fingerprint density at radius 2 is 1.67 bits per heavy atom. The summed E-state index contributed by atoms with van der Waals surface area (Å²) < 4.78 is 25.7. The van der Waals surface area contributed by atoms with Gasteiger partial charge < -0.3 is 10.0 Å². The molecule has 1 fully saturated rings. The molecule has 0 bridgehead atoms. The van der Waals surface area contributed by atoms with Crippen molar-refractivity contribution in [1.29, 1.82) is 0 Å². The lowest BCUT2D eigenvalue weighted by Gasteiger charge is -2.21. The second-order valence-electron chi connectivity index (χ2n) is 6.97. The summed E-state index contributed by atoms with van der Waals surface area (Å²) in [7, 11) is 0. The molecule has 1 amide bonds. The molecule has 1 N–H and O–H groups in total. The third-order valence-electron chi connectivity index (χ3n) is 4.76. The van der Waals surface area contributed by atoms with Crippen molar-refractivity contribution in [1.82, 2.24) is 0 Å². The van der Waals surface area contributed by atoms with Gasteiger partial charge in [0, 0.05) is 11.3 Å². The Morgan fingerprint density at radius 1 is 1.00 bits per heavy atom. The van der Waals surface area contributed by atoms with E-state index in [0.29, 0.717) is 17.7 Å². The number of amides is 1. The molecule has 6 heteroatoms. The first-order chi connectivity index (χ1) is 14.5. The maximum atomic E-state index is 13.8. The largest absolute Gasteiger partial charge is 0.478 e. The first-order valence-corrected chi connectivity index (χ1v) is 9.52. The Morgan fingerprint density at radius 3 is 2.20 bits per heavy atom. The minimum Gasteiger partial charge on any atom is -0.478 e. The Balaban J connectivity index is 0.000000310. The molecule has 3 aromatic carbocycles.